The van der Waals surface area contributed by atoms with Crippen LogP contribution in [0.4, 0.5) is 10.5 Å². The molecule has 1 saturated heterocycles. The summed E-state index contributed by atoms with van der Waals surface area (Å²) in [4.78, 5) is 18.2. The van der Waals surface area contributed by atoms with E-state index in [-0.39, 0.29) is 18.5 Å². The Morgan fingerprint density at radius 1 is 1.11 bits per heavy atom. The van der Waals surface area contributed by atoms with Crippen LogP contribution in [-0.2, 0) is 4.74 Å². The Morgan fingerprint density at radius 2 is 1.81 bits per heavy atom. The molecule has 0 N–H and O–H groups in total. The molecule has 0 unspecified atom stereocenters. The molecular weight excluding hydrogens is 366 g/mol. The second kappa shape index (κ2) is 12.7. The number of amides is 1. The van der Waals surface area contributed by atoms with Gasteiger partial charge in [0.1, 0.15) is 5.75 Å². The van der Waals surface area contributed by atoms with Crippen molar-refractivity contribution >= 4 is 24.2 Å². The Hall–Kier alpha value is -1.66. The van der Waals surface area contributed by atoms with Crippen LogP contribution in [0.1, 0.15) is 27.2 Å². The normalized spacial score (nSPS) is 14.4. The van der Waals surface area contributed by atoms with Crippen LogP contribution >= 0.6 is 12.4 Å². The van der Waals surface area contributed by atoms with Crippen LogP contribution in [0.25, 0.3) is 0 Å². The molecule has 1 aliphatic heterocycles. The first kappa shape index (κ1) is 23.4. The van der Waals surface area contributed by atoms with Crippen molar-refractivity contribution in [2.45, 2.75) is 27.2 Å². The fraction of sp³-hybridized carbons (Fsp3) is 0.650. The maximum Gasteiger partial charge on any atom is 0.409 e. The lowest BCUT2D eigenvalue weighted by atomic mass is 10.2. The van der Waals surface area contributed by atoms with Gasteiger partial charge in [0.05, 0.1) is 13.2 Å². The van der Waals surface area contributed by atoms with E-state index in [1.54, 1.807) is 4.90 Å². The summed E-state index contributed by atoms with van der Waals surface area (Å²) in [5.41, 5.74) is 1.21. The molecule has 2 rings (SSSR count). The minimum atomic E-state index is -0.191. The number of nitrogens with zero attached hydrogens (tertiary/aromatic N) is 3. The molecule has 1 aliphatic rings. The molecule has 1 aromatic carbocycles. The summed E-state index contributed by atoms with van der Waals surface area (Å²) in [6.07, 6.45) is 0.790. The van der Waals surface area contributed by atoms with E-state index in [0.29, 0.717) is 13.2 Å². The first-order valence-corrected chi connectivity index (χ1v) is 9.79. The van der Waals surface area contributed by atoms with Gasteiger partial charge in [-0.25, -0.2) is 4.79 Å². The Labute approximate surface area is 169 Å². The number of halogens is 1. The average molecular weight is 400 g/mol. The molecule has 0 saturated carbocycles. The van der Waals surface area contributed by atoms with Crippen molar-refractivity contribution in [2.75, 3.05) is 63.9 Å². The van der Waals surface area contributed by atoms with Gasteiger partial charge in [-0.05, 0) is 39.3 Å². The van der Waals surface area contributed by atoms with Crippen LogP contribution in [-0.4, -0.2) is 74.9 Å². The van der Waals surface area contributed by atoms with Gasteiger partial charge in [-0.2, -0.15) is 0 Å². The van der Waals surface area contributed by atoms with Gasteiger partial charge in [-0.3, -0.25) is 4.90 Å². The van der Waals surface area contributed by atoms with E-state index in [9.17, 15) is 4.79 Å². The number of hydrogen-bond donors (Lipinski definition) is 0. The monoisotopic (exact) mass is 399 g/mol. The van der Waals surface area contributed by atoms with Crippen LogP contribution in [0.3, 0.4) is 0 Å². The molecule has 0 aliphatic carbocycles. The summed E-state index contributed by atoms with van der Waals surface area (Å²) in [6.45, 7) is 13.6. The fourth-order valence-electron chi connectivity index (χ4n) is 3.21. The molecule has 154 valence electrons. The summed E-state index contributed by atoms with van der Waals surface area (Å²) in [5.74, 6) is 0.932. The van der Waals surface area contributed by atoms with Crippen molar-refractivity contribution in [3.63, 3.8) is 0 Å². The molecule has 1 aromatic rings. The maximum absolute atomic E-state index is 11.7. The Kier molecular flexibility index (Phi) is 11.0. The topological polar surface area (TPSA) is 45.3 Å². The lowest BCUT2D eigenvalue weighted by Crippen LogP contribution is -2.49. The van der Waals surface area contributed by atoms with Gasteiger partial charge >= 0.3 is 6.09 Å². The number of carbonyl (C=O) groups is 1. The standard InChI is InChI=1S/C20H33N3O3.ClH/c1-4-22(5-2)18-9-7-10-19(17-18)26-16-8-11-21-12-14-23(15-13-21)20(24)25-6-3;/h7,9-10,17H,4-6,8,11-16H2,1-3H3;1H. The van der Waals surface area contributed by atoms with Crippen LogP contribution in [0.15, 0.2) is 24.3 Å². The van der Waals surface area contributed by atoms with Crippen LogP contribution in [0.2, 0.25) is 0 Å². The Balaban J connectivity index is 0.00000364. The van der Waals surface area contributed by atoms with Crippen LogP contribution in [0.5, 0.6) is 5.75 Å². The van der Waals surface area contributed by atoms with Gasteiger partial charge in [-0.15, -0.1) is 12.4 Å². The SMILES string of the molecule is CCOC(=O)N1CCN(CCCOc2cccc(N(CC)CC)c2)CC1.Cl. The molecular formula is C20H34ClN3O3. The Morgan fingerprint density at radius 3 is 2.44 bits per heavy atom. The predicted octanol–water partition coefficient (Wildman–Crippen LogP) is 3.50. The van der Waals surface area contributed by atoms with Gasteiger partial charge in [0.15, 0.2) is 0 Å². The first-order chi connectivity index (χ1) is 12.7. The number of hydrogen-bond acceptors (Lipinski definition) is 5. The van der Waals surface area contributed by atoms with Gasteiger partial charge in [-0.1, -0.05) is 6.07 Å². The summed E-state index contributed by atoms with van der Waals surface area (Å²) < 4.78 is 11.0. The van der Waals surface area contributed by atoms with E-state index < -0.39 is 0 Å². The summed E-state index contributed by atoms with van der Waals surface area (Å²) in [7, 11) is 0. The summed E-state index contributed by atoms with van der Waals surface area (Å²) in [6, 6.07) is 8.32. The molecule has 0 spiro atoms. The second-order valence-corrected chi connectivity index (χ2v) is 6.40. The van der Waals surface area contributed by atoms with Gasteiger partial charge in [0.2, 0.25) is 0 Å². The predicted molar refractivity (Wildman–Crippen MR) is 112 cm³/mol. The van der Waals surface area contributed by atoms with Crippen molar-refractivity contribution < 1.29 is 14.3 Å². The molecule has 1 amide bonds. The van der Waals surface area contributed by atoms with Gasteiger partial charge < -0.3 is 19.3 Å². The smallest absolute Gasteiger partial charge is 0.409 e. The summed E-state index contributed by atoms with van der Waals surface area (Å²) in [5, 5.41) is 0. The number of carbonyl (C=O) groups excluding carboxylic acids is 1. The highest BCUT2D eigenvalue weighted by Gasteiger charge is 2.21. The molecule has 7 heteroatoms. The highest BCUT2D eigenvalue weighted by molar-refractivity contribution is 5.85. The Bertz CT molecular complexity index is 547. The highest BCUT2D eigenvalue weighted by atomic mass is 35.5. The van der Waals surface area contributed by atoms with Crippen LogP contribution in [0, 0.1) is 0 Å². The van der Waals surface area contributed by atoms with Crippen molar-refractivity contribution in [3.05, 3.63) is 24.3 Å². The minimum absolute atomic E-state index is 0. The van der Waals surface area contributed by atoms with Gasteiger partial charge in [0, 0.05) is 57.6 Å². The fourth-order valence-corrected chi connectivity index (χ4v) is 3.21. The molecule has 27 heavy (non-hydrogen) atoms. The lowest BCUT2D eigenvalue weighted by molar-refractivity contribution is 0.0782. The number of benzene rings is 1. The second-order valence-electron chi connectivity index (χ2n) is 6.40. The molecule has 6 nitrogen and oxygen atoms in total. The lowest BCUT2D eigenvalue weighted by Gasteiger charge is -2.33. The van der Waals surface area contributed by atoms with E-state index in [1.807, 2.05) is 13.0 Å². The largest absolute Gasteiger partial charge is 0.493 e. The van der Waals surface area contributed by atoms with Crippen molar-refractivity contribution in [2.24, 2.45) is 0 Å². The third-order valence-electron chi connectivity index (χ3n) is 4.73. The number of anilines is 1. The van der Waals surface area contributed by atoms with E-state index in [2.05, 4.69) is 41.8 Å². The number of ether oxygens (including phenoxy) is 2. The molecule has 1 fully saturated rings. The average Bonchev–Trinajstić information content (AvgIpc) is 2.67. The van der Waals surface area contributed by atoms with E-state index in [1.165, 1.54) is 5.69 Å². The van der Waals surface area contributed by atoms with Crippen molar-refractivity contribution in [1.29, 1.82) is 0 Å². The van der Waals surface area contributed by atoms with Crippen molar-refractivity contribution in [1.82, 2.24) is 9.80 Å². The third kappa shape index (κ3) is 7.46. The minimum Gasteiger partial charge on any atom is -0.493 e. The van der Waals surface area contributed by atoms with E-state index in [0.717, 1.165) is 58.0 Å². The quantitative estimate of drug-likeness (QED) is 0.595. The van der Waals surface area contributed by atoms with Crippen LogP contribution < -0.4 is 9.64 Å². The molecule has 0 radical (unpaired) electrons. The molecule has 1 heterocycles. The van der Waals surface area contributed by atoms with Crippen molar-refractivity contribution in [3.8, 4) is 5.75 Å². The maximum atomic E-state index is 11.7. The number of piperazine rings is 1. The van der Waals surface area contributed by atoms with Gasteiger partial charge in [0.25, 0.3) is 0 Å². The van der Waals surface area contributed by atoms with E-state index >= 15 is 0 Å². The molecule has 0 atom stereocenters. The molecule has 0 bridgehead atoms. The highest BCUT2D eigenvalue weighted by Crippen LogP contribution is 2.21. The zero-order chi connectivity index (χ0) is 18.8. The number of rotatable bonds is 9. The summed E-state index contributed by atoms with van der Waals surface area (Å²) >= 11 is 0. The zero-order valence-corrected chi connectivity index (χ0v) is 17.7. The first-order valence-electron chi connectivity index (χ1n) is 9.79. The molecule has 0 aromatic heterocycles. The third-order valence-corrected chi connectivity index (χ3v) is 4.73. The van der Waals surface area contributed by atoms with E-state index in [4.69, 9.17) is 9.47 Å². The zero-order valence-electron chi connectivity index (χ0n) is 16.9.